The van der Waals surface area contributed by atoms with Gasteiger partial charge in [0, 0.05) is 13.2 Å². The Morgan fingerprint density at radius 1 is 1.18 bits per heavy atom. The zero-order chi connectivity index (χ0) is 23.7. The monoisotopic (exact) mass is 478 g/mol. The molecule has 0 amide bonds. The van der Waals surface area contributed by atoms with Crippen LogP contribution in [0.2, 0.25) is 5.02 Å². The Morgan fingerprint density at radius 3 is 2.71 bits per heavy atom. The summed E-state index contributed by atoms with van der Waals surface area (Å²) in [6.45, 7) is 4.23. The minimum Gasteiger partial charge on any atom is -0.488 e. The molecule has 2 aromatic heterocycles. The van der Waals surface area contributed by atoms with Gasteiger partial charge in [-0.1, -0.05) is 11.6 Å². The Balaban J connectivity index is 1.43. The first-order valence-electron chi connectivity index (χ1n) is 11.5. The zero-order valence-corrected chi connectivity index (χ0v) is 20.0. The lowest BCUT2D eigenvalue weighted by atomic mass is 9.87. The average Bonchev–Trinajstić information content (AvgIpc) is 3.58. The Morgan fingerprint density at radius 2 is 1.97 bits per heavy atom. The number of rotatable bonds is 7. The molecule has 0 atom stereocenters. The lowest BCUT2D eigenvalue weighted by Crippen LogP contribution is -2.27. The first-order valence-corrected chi connectivity index (χ1v) is 11.9. The topological polar surface area (TPSA) is 113 Å². The fourth-order valence-corrected chi connectivity index (χ4v) is 4.40. The zero-order valence-electron chi connectivity index (χ0n) is 19.2. The van der Waals surface area contributed by atoms with Crippen LogP contribution >= 0.6 is 11.6 Å². The molecule has 2 aliphatic rings. The number of hydrogen-bond donors (Lipinski definition) is 3. The second-order valence-corrected chi connectivity index (χ2v) is 9.27. The maximum atomic E-state index is 9.32. The van der Waals surface area contributed by atoms with Crippen molar-refractivity contribution in [2.24, 2.45) is 7.05 Å². The molecule has 34 heavy (non-hydrogen) atoms. The van der Waals surface area contributed by atoms with E-state index in [-0.39, 0.29) is 11.8 Å². The molecule has 2 fully saturated rings. The SMILES string of the molecule is Cc1cc(Nc2ncc(Cl)c(Nc3cn(C)nc3C#N)n2)c(OC2CC2)cc1C1CCNCC1. The highest BCUT2D eigenvalue weighted by atomic mass is 35.5. The summed E-state index contributed by atoms with van der Waals surface area (Å²) in [5.74, 6) is 2.13. The number of piperidine rings is 1. The molecule has 0 bridgehead atoms. The maximum Gasteiger partial charge on any atom is 0.229 e. The summed E-state index contributed by atoms with van der Waals surface area (Å²) in [5, 5.41) is 23.6. The highest BCUT2D eigenvalue weighted by Gasteiger charge is 2.27. The van der Waals surface area contributed by atoms with E-state index < -0.39 is 0 Å². The van der Waals surface area contributed by atoms with Gasteiger partial charge in [-0.3, -0.25) is 4.68 Å². The fourth-order valence-electron chi connectivity index (χ4n) is 4.26. The molecule has 1 saturated carbocycles. The molecule has 0 radical (unpaired) electrons. The van der Waals surface area contributed by atoms with Crippen LogP contribution in [-0.2, 0) is 7.05 Å². The molecule has 1 aliphatic heterocycles. The molecule has 10 heteroatoms. The minimum atomic E-state index is 0.260. The Bertz CT molecular complexity index is 1240. The summed E-state index contributed by atoms with van der Waals surface area (Å²) >= 11 is 6.34. The van der Waals surface area contributed by atoms with E-state index in [1.54, 1.807) is 17.9 Å². The number of anilines is 4. The molecule has 1 aliphatic carbocycles. The lowest BCUT2D eigenvalue weighted by molar-refractivity contribution is 0.304. The molecule has 5 rings (SSSR count). The number of ether oxygens (including phenoxy) is 1. The van der Waals surface area contributed by atoms with E-state index in [2.05, 4.69) is 56.1 Å². The van der Waals surface area contributed by atoms with Crippen molar-refractivity contribution >= 4 is 34.7 Å². The third-order valence-corrected chi connectivity index (χ3v) is 6.42. The van der Waals surface area contributed by atoms with Crippen molar-refractivity contribution in [3.8, 4) is 11.8 Å². The van der Waals surface area contributed by atoms with Crippen LogP contribution in [0.1, 0.15) is 48.4 Å². The van der Waals surface area contributed by atoms with E-state index in [0.29, 0.717) is 28.4 Å². The number of aryl methyl sites for hydroxylation is 2. The first-order chi connectivity index (χ1) is 16.5. The van der Waals surface area contributed by atoms with Crippen LogP contribution in [0.25, 0.3) is 0 Å². The molecule has 3 N–H and O–H groups in total. The summed E-state index contributed by atoms with van der Waals surface area (Å²) in [5.41, 5.74) is 4.18. The van der Waals surface area contributed by atoms with E-state index in [1.807, 2.05) is 0 Å². The number of halogens is 1. The molecular weight excluding hydrogens is 452 g/mol. The molecule has 3 aromatic rings. The number of hydrogen-bond acceptors (Lipinski definition) is 8. The number of nitrogens with zero attached hydrogens (tertiary/aromatic N) is 5. The smallest absolute Gasteiger partial charge is 0.229 e. The summed E-state index contributed by atoms with van der Waals surface area (Å²) in [4.78, 5) is 8.91. The van der Waals surface area contributed by atoms with Crippen LogP contribution < -0.4 is 20.7 Å². The van der Waals surface area contributed by atoms with Gasteiger partial charge in [0.2, 0.25) is 5.95 Å². The third kappa shape index (κ3) is 4.93. The van der Waals surface area contributed by atoms with Crippen molar-refractivity contribution in [1.82, 2.24) is 25.1 Å². The van der Waals surface area contributed by atoms with Gasteiger partial charge in [-0.15, -0.1) is 0 Å². The summed E-state index contributed by atoms with van der Waals surface area (Å²) in [7, 11) is 1.75. The van der Waals surface area contributed by atoms with Gasteiger partial charge >= 0.3 is 0 Å². The maximum absolute atomic E-state index is 9.32. The van der Waals surface area contributed by atoms with E-state index in [4.69, 9.17) is 16.3 Å². The van der Waals surface area contributed by atoms with Gasteiger partial charge in [0.25, 0.3) is 0 Å². The number of benzene rings is 1. The highest BCUT2D eigenvalue weighted by Crippen LogP contribution is 2.39. The van der Waals surface area contributed by atoms with Gasteiger partial charge in [-0.2, -0.15) is 15.3 Å². The quantitative estimate of drug-likeness (QED) is 0.453. The largest absolute Gasteiger partial charge is 0.488 e. The average molecular weight is 479 g/mol. The molecule has 9 nitrogen and oxygen atoms in total. The van der Waals surface area contributed by atoms with Crippen molar-refractivity contribution in [3.05, 3.63) is 46.4 Å². The molecule has 176 valence electrons. The predicted octanol–water partition coefficient (Wildman–Crippen LogP) is 4.54. The van der Waals surface area contributed by atoms with Gasteiger partial charge in [-0.05, 0) is 74.9 Å². The first kappa shape index (κ1) is 22.4. The van der Waals surface area contributed by atoms with Crippen LogP contribution in [0, 0.1) is 18.3 Å². The van der Waals surface area contributed by atoms with Gasteiger partial charge in [0.15, 0.2) is 11.5 Å². The van der Waals surface area contributed by atoms with Gasteiger partial charge < -0.3 is 20.7 Å². The van der Waals surface area contributed by atoms with Crippen LogP contribution in [0.5, 0.6) is 5.75 Å². The molecular formula is C24H27ClN8O. The molecule has 1 saturated heterocycles. The van der Waals surface area contributed by atoms with Crippen molar-refractivity contribution in [2.75, 3.05) is 23.7 Å². The summed E-state index contributed by atoms with van der Waals surface area (Å²) in [6.07, 6.45) is 7.91. The van der Waals surface area contributed by atoms with E-state index in [0.717, 1.165) is 50.2 Å². The Hall–Kier alpha value is -3.35. The lowest BCUT2D eigenvalue weighted by Gasteiger charge is -2.26. The minimum absolute atomic E-state index is 0.260. The summed E-state index contributed by atoms with van der Waals surface area (Å²) in [6, 6.07) is 6.37. The van der Waals surface area contributed by atoms with E-state index in [9.17, 15) is 5.26 Å². The van der Waals surface area contributed by atoms with Gasteiger partial charge in [0.05, 0.1) is 23.7 Å². The second-order valence-electron chi connectivity index (χ2n) is 8.86. The number of nitriles is 1. The van der Waals surface area contributed by atoms with Gasteiger partial charge in [-0.25, -0.2) is 4.98 Å². The summed E-state index contributed by atoms with van der Waals surface area (Å²) < 4.78 is 7.83. The third-order valence-electron chi connectivity index (χ3n) is 6.14. The van der Waals surface area contributed by atoms with E-state index >= 15 is 0 Å². The molecule has 1 aromatic carbocycles. The second kappa shape index (κ2) is 9.49. The normalized spacial score (nSPS) is 16.2. The van der Waals surface area contributed by atoms with E-state index in [1.165, 1.54) is 17.3 Å². The fraction of sp³-hybridized carbons (Fsp3) is 0.417. The van der Waals surface area contributed by atoms with Crippen LogP contribution in [0.3, 0.4) is 0 Å². The standard InChI is InChI=1S/C24H27ClN8O/c1-14-9-19(22(34-16-3-4-16)10-17(14)15-5-7-27-8-6-15)30-24-28-12-18(25)23(31-24)29-21-13-33(2)32-20(21)11-26/h9-10,12-13,15-16,27H,3-8H2,1-2H3,(H2,28,29,30,31). The van der Waals surface area contributed by atoms with Crippen LogP contribution in [-0.4, -0.2) is 38.9 Å². The van der Waals surface area contributed by atoms with Crippen LogP contribution in [0.4, 0.5) is 23.1 Å². The number of nitrogens with one attached hydrogen (secondary N) is 3. The van der Waals surface area contributed by atoms with Crippen LogP contribution in [0.15, 0.2) is 24.5 Å². The number of aromatic nitrogens is 4. The Kier molecular flexibility index (Phi) is 6.26. The predicted molar refractivity (Wildman–Crippen MR) is 131 cm³/mol. The van der Waals surface area contributed by atoms with Crippen molar-refractivity contribution < 1.29 is 4.74 Å². The van der Waals surface area contributed by atoms with Gasteiger partial charge in [0.1, 0.15) is 16.8 Å². The van der Waals surface area contributed by atoms with Crippen molar-refractivity contribution in [3.63, 3.8) is 0 Å². The molecule has 0 unspecified atom stereocenters. The van der Waals surface area contributed by atoms with Crippen molar-refractivity contribution in [2.45, 2.75) is 44.6 Å². The molecule has 0 spiro atoms. The molecule has 3 heterocycles. The Labute approximate surface area is 203 Å². The highest BCUT2D eigenvalue weighted by molar-refractivity contribution is 6.32. The van der Waals surface area contributed by atoms with Crippen molar-refractivity contribution in [1.29, 1.82) is 5.26 Å².